The predicted molar refractivity (Wildman–Crippen MR) is 88.7 cm³/mol. The first-order chi connectivity index (χ1) is 11.3. The van der Waals surface area contributed by atoms with Crippen LogP contribution >= 0.6 is 0 Å². The number of primary amides is 1. The molecule has 130 valence electrons. The van der Waals surface area contributed by atoms with E-state index in [1.165, 1.54) is 17.0 Å². The van der Waals surface area contributed by atoms with Crippen molar-refractivity contribution in [3.8, 4) is 0 Å². The Bertz CT molecular complexity index is 668. The Balaban J connectivity index is 2.14. The second-order valence-corrected chi connectivity index (χ2v) is 6.50. The summed E-state index contributed by atoms with van der Waals surface area (Å²) in [7, 11) is 0. The molecule has 1 aromatic rings. The van der Waals surface area contributed by atoms with Crippen LogP contribution in [-0.2, 0) is 11.2 Å². The zero-order valence-corrected chi connectivity index (χ0v) is 14.0. The van der Waals surface area contributed by atoms with E-state index in [1.54, 1.807) is 6.07 Å². The number of allylic oxidation sites excluding steroid dienone is 2. The molecule has 0 bridgehead atoms. The third kappa shape index (κ3) is 4.41. The number of benzene rings is 1. The van der Waals surface area contributed by atoms with Gasteiger partial charge in [-0.1, -0.05) is 11.6 Å². The van der Waals surface area contributed by atoms with Crippen LogP contribution in [0.1, 0.15) is 36.2 Å². The fraction of sp³-hybridized carbons (Fsp3) is 0.444. The molecule has 1 heterocycles. The van der Waals surface area contributed by atoms with Crippen molar-refractivity contribution < 1.29 is 19.1 Å². The number of rotatable bonds is 5. The van der Waals surface area contributed by atoms with Gasteiger partial charge in [0.15, 0.2) is 0 Å². The molecule has 0 saturated carbocycles. The molecule has 0 aromatic heterocycles. The van der Waals surface area contributed by atoms with Gasteiger partial charge in [-0.2, -0.15) is 0 Å². The van der Waals surface area contributed by atoms with Crippen LogP contribution in [0.25, 0.3) is 0 Å². The summed E-state index contributed by atoms with van der Waals surface area (Å²) < 4.78 is 13.9. The number of hydrogen-bond donors (Lipinski definition) is 2. The summed E-state index contributed by atoms with van der Waals surface area (Å²) >= 11 is 0. The minimum Gasteiger partial charge on any atom is -0.391 e. The number of β-amino-alcohol motifs (C(OH)–C–C–N with tert-alkyl or cyclic N) is 1. The van der Waals surface area contributed by atoms with E-state index in [0.29, 0.717) is 17.5 Å². The number of amides is 2. The predicted octanol–water partition coefficient (Wildman–Crippen LogP) is 1.64. The van der Waals surface area contributed by atoms with Crippen molar-refractivity contribution in [2.24, 2.45) is 11.7 Å². The minimum atomic E-state index is -0.771. The van der Waals surface area contributed by atoms with E-state index in [1.807, 2.05) is 19.9 Å². The average molecular weight is 334 g/mol. The largest absolute Gasteiger partial charge is 0.391 e. The first-order valence-corrected chi connectivity index (χ1v) is 7.95. The van der Waals surface area contributed by atoms with Crippen LogP contribution < -0.4 is 5.73 Å². The van der Waals surface area contributed by atoms with Crippen molar-refractivity contribution in [1.29, 1.82) is 0 Å². The maximum Gasteiger partial charge on any atom is 0.253 e. The summed E-state index contributed by atoms with van der Waals surface area (Å²) in [6, 6.07) is 4.27. The Morgan fingerprint density at radius 3 is 2.71 bits per heavy atom. The van der Waals surface area contributed by atoms with Crippen molar-refractivity contribution in [3.63, 3.8) is 0 Å². The Labute approximate surface area is 140 Å². The van der Waals surface area contributed by atoms with Crippen LogP contribution in [-0.4, -0.2) is 41.0 Å². The van der Waals surface area contributed by atoms with Crippen LogP contribution in [0.15, 0.2) is 29.8 Å². The summed E-state index contributed by atoms with van der Waals surface area (Å²) in [6.45, 7) is 4.27. The van der Waals surface area contributed by atoms with Gasteiger partial charge in [-0.3, -0.25) is 9.59 Å². The third-order valence-corrected chi connectivity index (χ3v) is 4.18. The van der Waals surface area contributed by atoms with Gasteiger partial charge in [-0.15, -0.1) is 0 Å². The Morgan fingerprint density at radius 1 is 1.38 bits per heavy atom. The molecule has 1 aliphatic rings. The van der Waals surface area contributed by atoms with Crippen molar-refractivity contribution in [2.75, 3.05) is 13.1 Å². The zero-order chi connectivity index (χ0) is 17.9. The number of carbonyl (C=O) groups is 2. The molecule has 3 N–H and O–H groups in total. The topological polar surface area (TPSA) is 83.6 Å². The molecule has 2 amide bonds. The van der Waals surface area contributed by atoms with Gasteiger partial charge in [0, 0.05) is 31.0 Å². The molecular weight excluding hydrogens is 311 g/mol. The molecule has 1 aromatic carbocycles. The lowest BCUT2D eigenvalue weighted by Gasteiger charge is -2.16. The lowest BCUT2D eigenvalue weighted by molar-refractivity contribution is -0.119. The Morgan fingerprint density at radius 2 is 2.08 bits per heavy atom. The van der Waals surface area contributed by atoms with Gasteiger partial charge in [0.25, 0.3) is 5.91 Å². The van der Waals surface area contributed by atoms with E-state index in [4.69, 9.17) is 5.73 Å². The van der Waals surface area contributed by atoms with Crippen molar-refractivity contribution >= 4 is 11.8 Å². The molecule has 0 radical (unpaired) electrons. The van der Waals surface area contributed by atoms with Gasteiger partial charge >= 0.3 is 0 Å². The molecule has 1 saturated heterocycles. The number of carbonyl (C=O) groups excluding carboxylic acids is 2. The average Bonchev–Trinajstić information content (AvgIpc) is 2.86. The highest BCUT2D eigenvalue weighted by Crippen LogP contribution is 2.23. The highest BCUT2D eigenvalue weighted by molar-refractivity contribution is 5.94. The van der Waals surface area contributed by atoms with Crippen molar-refractivity contribution in [2.45, 2.75) is 32.8 Å². The number of aliphatic hydroxyl groups is 1. The van der Waals surface area contributed by atoms with Gasteiger partial charge in [0.1, 0.15) is 5.82 Å². The summed E-state index contributed by atoms with van der Waals surface area (Å²) in [4.78, 5) is 25.1. The third-order valence-electron chi connectivity index (χ3n) is 4.18. The van der Waals surface area contributed by atoms with Crippen LogP contribution in [0.2, 0.25) is 0 Å². The van der Waals surface area contributed by atoms with Gasteiger partial charge in [0.2, 0.25) is 5.91 Å². The van der Waals surface area contributed by atoms with E-state index >= 15 is 0 Å². The summed E-state index contributed by atoms with van der Waals surface area (Å²) in [6.07, 6.45) is 1.59. The molecule has 0 aliphatic carbocycles. The van der Waals surface area contributed by atoms with Gasteiger partial charge in [0.05, 0.1) is 6.10 Å². The molecule has 2 rings (SSSR count). The minimum absolute atomic E-state index is 0.0419. The molecule has 0 unspecified atom stereocenters. The number of hydrogen-bond acceptors (Lipinski definition) is 3. The number of likely N-dealkylation sites (tertiary alicyclic amines) is 1. The Hall–Kier alpha value is -2.21. The molecule has 1 fully saturated rings. The van der Waals surface area contributed by atoms with Crippen LogP contribution in [0, 0.1) is 11.7 Å². The summed E-state index contributed by atoms with van der Waals surface area (Å²) in [5.74, 6) is -1.48. The van der Waals surface area contributed by atoms with E-state index in [9.17, 15) is 19.1 Å². The molecule has 24 heavy (non-hydrogen) atoms. The zero-order valence-electron chi connectivity index (χ0n) is 14.0. The second kappa shape index (κ2) is 7.57. The quantitative estimate of drug-likeness (QED) is 0.803. The SMILES string of the molecule is CC(C)=CCc1cc(C(=O)N2C[C@@H](CC(N)=O)[C@H](O)C2)ccc1F. The maximum absolute atomic E-state index is 13.9. The lowest BCUT2D eigenvalue weighted by atomic mass is 10.0. The molecule has 1 aliphatic heterocycles. The molecular formula is C18H23FN2O3. The number of nitrogens with zero attached hydrogens (tertiary/aromatic N) is 1. The highest BCUT2D eigenvalue weighted by atomic mass is 19.1. The lowest BCUT2D eigenvalue weighted by Crippen LogP contribution is -2.29. The summed E-state index contributed by atoms with van der Waals surface area (Å²) in [5.41, 5.74) is 7.06. The van der Waals surface area contributed by atoms with Crippen LogP contribution in [0.3, 0.4) is 0 Å². The van der Waals surface area contributed by atoms with Crippen LogP contribution in [0.4, 0.5) is 4.39 Å². The second-order valence-electron chi connectivity index (χ2n) is 6.50. The fourth-order valence-corrected chi connectivity index (χ4v) is 2.84. The van der Waals surface area contributed by atoms with E-state index in [2.05, 4.69) is 0 Å². The Kier molecular flexibility index (Phi) is 5.72. The number of halogens is 1. The maximum atomic E-state index is 13.9. The first-order valence-electron chi connectivity index (χ1n) is 7.95. The highest BCUT2D eigenvalue weighted by Gasteiger charge is 2.35. The molecule has 5 nitrogen and oxygen atoms in total. The van der Waals surface area contributed by atoms with Gasteiger partial charge in [-0.05, 0) is 44.0 Å². The smallest absolute Gasteiger partial charge is 0.253 e. The first kappa shape index (κ1) is 18.1. The van der Waals surface area contributed by atoms with E-state index in [-0.39, 0.29) is 37.2 Å². The monoisotopic (exact) mass is 334 g/mol. The molecule has 2 atom stereocenters. The van der Waals surface area contributed by atoms with Crippen molar-refractivity contribution in [1.82, 2.24) is 4.90 Å². The number of aliphatic hydroxyl groups excluding tert-OH is 1. The summed E-state index contributed by atoms with van der Waals surface area (Å²) in [5, 5.41) is 9.98. The van der Waals surface area contributed by atoms with Gasteiger partial charge in [-0.25, -0.2) is 4.39 Å². The van der Waals surface area contributed by atoms with E-state index < -0.39 is 12.0 Å². The standard InChI is InChI=1S/C18H23FN2O3/c1-11(2)3-4-12-7-13(5-6-15(12)19)18(24)21-9-14(8-17(20)23)16(22)10-21/h3,5-7,14,16,22H,4,8-10H2,1-2H3,(H2,20,23)/t14-,16-/m1/s1. The van der Waals surface area contributed by atoms with E-state index in [0.717, 1.165) is 5.57 Å². The number of nitrogens with two attached hydrogens (primary N) is 1. The fourth-order valence-electron chi connectivity index (χ4n) is 2.84. The molecule has 6 heteroatoms. The normalized spacial score (nSPS) is 20.1. The molecule has 0 spiro atoms. The van der Waals surface area contributed by atoms with Crippen molar-refractivity contribution in [3.05, 3.63) is 46.8 Å². The van der Waals surface area contributed by atoms with Gasteiger partial charge < -0.3 is 15.7 Å². The van der Waals surface area contributed by atoms with Crippen LogP contribution in [0.5, 0.6) is 0 Å².